The number of halogens is 3. The Morgan fingerprint density at radius 1 is 1.04 bits per heavy atom. The molecule has 0 aliphatic rings. The maximum atomic E-state index is 12.7. The van der Waals surface area contributed by atoms with Crippen LogP contribution in [0.3, 0.4) is 0 Å². The Morgan fingerprint density at radius 2 is 1.68 bits per heavy atom. The van der Waals surface area contributed by atoms with Crippen LogP contribution in [0, 0.1) is 20.2 Å². The standard InChI is InChI=1S/C16H11F3N2O7/c1-2-27-15(22)11-8-10(4-5-12(11)20(23)24)28-14-6-3-9(16(17,18)19)7-13(14)21(25)26/h3-8H,2H2,1H3. The molecule has 2 aromatic rings. The summed E-state index contributed by atoms with van der Waals surface area (Å²) in [6.45, 7) is 1.42. The number of esters is 1. The van der Waals surface area contributed by atoms with Crippen LogP contribution < -0.4 is 4.74 Å². The summed E-state index contributed by atoms with van der Waals surface area (Å²) < 4.78 is 48.1. The molecule has 148 valence electrons. The van der Waals surface area contributed by atoms with E-state index in [0.717, 1.165) is 24.3 Å². The van der Waals surface area contributed by atoms with Gasteiger partial charge in [0.15, 0.2) is 0 Å². The van der Waals surface area contributed by atoms with E-state index in [0.29, 0.717) is 12.1 Å². The third-order valence-corrected chi connectivity index (χ3v) is 3.37. The molecule has 0 saturated carbocycles. The number of nitrogens with zero attached hydrogens (tertiary/aromatic N) is 2. The predicted octanol–water partition coefficient (Wildman–Crippen LogP) is 4.49. The molecule has 0 N–H and O–H groups in total. The number of nitro benzene ring substituents is 2. The van der Waals surface area contributed by atoms with E-state index in [-0.39, 0.29) is 12.4 Å². The maximum absolute atomic E-state index is 12.7. The molecule has 0 atom stereocenters. The van der Waals surface area contributed by atoms with Gasteiger partial charge in [0, 0.05) is 18.2 Å². The average Bonchev–Trinajstić information content (AvgIpc) is 2.60. The molecular weight excluding hydrogens is 389 g/mol. The molecule has 2 aromatic carbocycles. The van der Waals surface area contributed by atoms with Gasteiger partial charge in [0.25, 0.3) is 5.69 Å². The van der Waals surface area contributed by atoms with Gasteiger partial charge in [0.05, 0.1) is 22.0 Å². The van der Waals surface area contributed by atoms with Crippen molar-refractivity contribution in [2.75, 3.05) is 6.61 Å². The largest absolute Gasteiger partial charge is 0.462 e. The van der Waals surface area contributed by atoms with Crippen LogP contribution in [-0.2, 0) is 10.9 Å². The summed E-state index contributed by atoms with van der Waals surface area (Å²) in [5.74, 6) is -1.81. The third kappa shape index (κ3) is 4.52. The van der Waals surface area contributed by atoms with E-state index in [4.69, 9.17) is 9.47 Å². The zero-order valence-electron chi connectivity index (χ0n) is 14.1. The number of carbonyl (C=O) groups excluding carboxylic acids is 1. The van der Waals surface area contributed by atoms with E-state index in [9.17, 15) is 38.2 Å². The highest BCUT2D eigenvalue weighted by Crippen LogP contribution is 2.38. The van der Waals surface area contributed by atoms with Gasteiger partial charge in [-0.25, -0.2) is 4.79 Å². The Morgan fingerprint density at radius 3 is 2.21 bits per heavy atom. The number of hydrogen-bond acceptors (Lipinski definition) is 7. The van der Waals surface area contributed by atoms with Crippen molar-refractivity contribution in [1.29, 1.82) is 0 Å². The zero-order valence-corrected chi connectivity index (χ0v) is 14.1. The molecule has 12 heteroatoms. The van der Waals surface area contributed by atoms with Crippen LogP contribution in [0.5, 0.6) is 11.5 Å². The first-order valence-corrected chi connectivity index (χ1v) is 7.53. The summed E-state index contributed by atoms with van der Waals surface area (Å²) in [7, 11) is 0. The topological polar surface area (TPSA) is 122 Å². The maximum Gasteiger partial charge on any atom is 0.416 e. The Labute approximate surface area is 154 Å². The number of hydrogen-bond donors (Lipinski definition) is 0. The van der Waals surface area contributed by atoms with Crippen molar-refractivity contribution in [2.24, 2.45) is 0 Å². The molecule has 0 radical (unpaired) electrons. The molecule has 0 saturated heterocycles. The van der Waals surface area contributed by atoms with Crippen LogP contribution in [0.2, 0.25) is 0 Å². The summed E-state index contributed by atoms with van der Waals surface area (Å²) in [4.78, 5) is 32.1. The normalized spacial score (nSPS) is 11.0. The lowest BCUT2D eigenvalue weighted by Gasteiger charge is -2.11. The van der Waals surface area contributed by atoms with E-state index < -0.39 is 50.2 Å². The predicted molar refractivity (Wildman–Crippen MR) is 87.2 cm³/mol. The Kier molecular flexibility index (Phi) is 5.81. The summed E-state index contributed by atoms with van der Waals surface area (Å²) in [6.07, 6.45) is -4.80. The monoisotopic (exact) mass is 400 g/mol. The number of nitro groups is 2. The number of benzene rings is 2. The van der Waals surface area contributed by atoms with Crippen molar-refractivity contribution in [2.45, 2.75) is 13.1 Å². The van der Waals surface area contributed by atoms with Crippen molar-refractivity contribution < 1.29 is 37.3 Å². The lowest BCUT2D eigenvalue weighted by molar-refractivity contribution is -0.385. The van der Waals surface area contributed by atoms with Gasteiger partial charge in [0.2, 0.25) is 5.75 Å². The fraction of sp³-hybridized carbons (Fsp3) is 0.188. The van der Waals surface area contributed by atoms with Crippen molar-refractivity contribution in [3.8, 4) is 11.5 Å². The van der Waals surface area contributed by atoms with E-state index in [2.05, 4.69) is 0 Å². The van der Waals surface area contributed by atoms with Crippen molar-refractivity contribution in [1.82, 2.24) is 0 Å². The molecule has 28 heavy (non-hydrogen) atoms. The van der Waals surface area contributed by atoms with Crippen molar-refractivity contribution >= 4 is 17.3 Å². The van der Waals surface area contributed by atoms with E-state index in [1.165, 1.54) is 6.92 Å². The van der Waals surface area contributed by atoms with Crippen LogP contribution in [0.15, 0.2) is 36.4 Å². The third-order valence-electron chi connectivity index (χ3n) is 3.37. The smallest absolute Gasteiger partial charge is 0.416 e. The molecular formula is C16H11F3N2O7. The van der Waals surface area contributed by atoms with Gasteiger partial charge in [-0.2, -0.15) is 13.2 Å². The molecule has 0 fully saturated rings. The number of carbonyl (C=O) groups is 1. The van der Waals surface area contributed by atoms with Gasteiger partial charge < -0.3 is 9.47 Å². The van der Waals surface area contributed by atoms with Crippen LogP contribution in [0.1, 0.15) is 22.8 Å². The van der Waals surface area contributed by atoms with Crippen LogP contribution in [-0.4, -0.2) is 22.4 Å². The van der Waals surface area contributed by atoms with Gasteiger partial charge in [-0.15, -0.1) is 0 Å². The van der Waals surface area contributed by atoms with Gasteiger partial charge in [0.1, 0.15) is 11.3 Å². The molecule has 0 heterocycles. The minimum absolute atomic E-state index is 0.0640. The second kappa shape index (κ2) is 7.90. The highest BCUT2D eigenvalue weighted by atomic mass is 19.4. The first-order chi connectivity index (χ1) is 13.0. The van der Waals surface area contributed by atoms with Crippen molar-refractivity contribution in [3.63, 3.8) is 0 Å². The lowest BCUT2D eigenvalue weighted by Crippen LogP contribution is -2.08. The first-order valence-electron chi connectivity index (χ1n) is 7.53. The summed E-state index contributed by atoms with van der Waals surface area (Å²) in [5, 5.41) is 22.1. The summed E-state index contributed by atoms with van der Waals surface area (Å²) in [5.41, 5.74) is -3.28. The zero-order chi connectivity index (χ0) is 21.1. The van der Waals surface area contributed by atoms with Crippen LogP contribution >= 0.6 is 0 Å². The quantitative estimate of drug-likeness (QED) is 0.398. The van der Waals surface area contributed by atoms with Gasteiger partial charge in [-0.1, -0.05) is 0 Å². The van der Waals surface area contributed by atoms with Crippen LogP contribution in [0.4, 0.5) is 24.5 Å². The molecule has 2 rings (SSSR count). The van der Waals surface area contributed by atoms with E-state index >= 15 is 0 Å². The number of rotatable bonds is 6. The number of ether oxygens (including phenoxy) is 2. The minimum atomic E-state index is -4.80. The van der Waals surface area contributed by atoms with E-state index in [1.54, 1.807) is 0 Å². The fourth-order valence-corrected chi connectivity index (χ4v) is 2.16. The fourth-order valence-electron chi connectivity index (χ4n) is 2.16. The Hall–Kier alpha value is -3.70. The molecule has 0 aliphatic heterocycles. The molecule has 0 bridgehead atoms. The molecule has 0 spiro atoms. The highest BCUT2D eigenvalue weighted by molar-refractivity contribution is 5.94. The van der Waals surface area contributed by atoms with Gasteiger partial charge >= 0.3 is 17.8 Å². The molecule has 0 amide bonds. The van der Waals surface area contributed by atoms with Gasteiger partial charge in [-0.05, 0) is 25.1 Å². The van der Waals surface area contributed by atoms with E-state index in [1.807, 2.05) is 0 Å². The van der Waals surface area contributed by atoms with Crippen LogP contribution in [0.25, 0.3) is 0 Å². The number of alkyl halides is 3. The molecule has 0 aromatic heterocycles. The minimum Gasteiger partial charge on any atom is -0.462 e. The lowest BCUT2D eigenvalue weighted by atomic mass is 10.1. The summed E-state index contributed by atoms with van der Waals surface area (Å²) in [6, 6.07) is 4.50. The molecule has 0 unspecified atom stereocenters. The van der Waals surface area contributed by atoms with Crippen molar-refractivity contribution in [3.05, 3.63) is 67.8 Å². The second-order valence-corrected chi connectivity index (χ2v) is 5.20. The molecule has 9 nitrogen and oxygen atoms in total. The SMILES string of the molecule is CCOC(=O)c1cc(Oc2ccc(C(F)(F)F)cc2[N+](=O)[O-])ccc1[N+](=O)[O-]. The van der Waals surface area contributed by atoms with Gasteiger partial charge in [-0.3, -0.25) is 20.2 Å². The Bertz CT molecular complexity index is 944. The molecule has 0 aliphatic carbocycles. The summed E-state index contributed by atoms with van der Waals surface area (Å²) >= 11 is 0. The second-order valence-electron chi connectivity index (χ2n) is 5.20. The highest BCUT2D eigenvalue weighted by Gasteiger charge is 2.33. The first kappa shape index (κ1) is 20.6. The average molecular weight is 400 g/mol. The Balaban J connectivity index is 2.48.